The molecule has 0 saturated heterocycles. The van der Waals surface area contributed by atoms with Crippen LogP contribution in [0.3, 0.4) is 0 Å². The molecule has 68 valence electrons. The van der Waals surface area contributed by atoms with Crippen LogP contribution >= 0.6 is 0 Å². The Morgan fingerprint density at radius 2 is 2.50 bits per heavy atom. The van der Waals surface area contributed by atoms with Crippen molar-refractivity contribution in [1.29, 1.82) is 0 Å². The molecule has 1 heterocycles. The van der Waals surface area contributed by atoms with E-state index in [-0.39, 0.29) is 12.2 Å². The van der Waals surface area contributed by atoms with Crippen LogP contribution in [0.25, 0.3) is 0 Å². The monoisotopic (exact) mass is 174 g/mol. The van der Waals surface area contributed by atoms with Crippen LogP contribution in [0.4, 0.5) is 0 Å². The maximum Gasteiger partial charge on any atom is 0.339 e. The second-order valence-electron chi connectivity index (χ2n) is 2.46. The van der Waals surface area contributed by atoms with E-state index in [9.17, 15) is 4.79 Å². The molecule has 0 aliphatic carbocycles. The lowest BCUT2D eigenvalue weighted by atomic mass is 10.1. The van der Waals surface area contributed by atoms with Gasteiger partial charge in [-0.2, -0.15) is 4.89 Å². The van der Waals surface area contributed by atoms with Crippen LogP contribution in [0.1, 0.15) is 6.92 Å². The summed E-state index contributed by atoms with van der Waals surface area (Å²) in [6.07, 6.45) is 1.50. The Morgan fingerprint density at radius 1 is 1.83 bits per heavy atom. The van der Waals surface area contributed by atoms with Crippen LogP contribution in [0.15, 0.2) is 11.6 Å². The molecule has 1 unspecified atom stereocenters. The minimum Gasteiger partial charge on any atom is -0.466 e. The van der Waals surface area contributed by atoms with Crippen molar-refractivity contribution in [3.05, 3.63) is 11.6 Å². The van der Waals surface area contributed by atoms with Gasteiger partial charge in [0.15, 0.2) is 0 Å². The fourth-order valence-corrected chi connectivity index (χ4v) is 1.00. The first-order chi connectivity index (χ1) is 5.64. The molecule has 0 spiro atoms. The van der Waals surface area contributed by atoms with Crippen LogP contribution < -0.4 is 0 Å². The summed E-state index contributed by atoms with van der Waals surface area (Å²) in [7, 11) is 1.25. The minimum atomic E-state index is -1.38. The predicted octanol–water partition coefficient (Wildman–Crippen LogP) is 0.322. The normalized spacial score (nSPS) is 28.4. The second-order valence-corrected chi connectivity index (χ2v) is 2.46. The highest BCUT2D eigenvalue weighted by atomic mass is 17.1. The van der Waals surface area contributed by atoms with Crippen molar-refractivity contribution in [1.82, 2.24) is 0 Å². The number of methoxy groups -OCH3 is 1. The van der Waals surface area contributed by atoms with Crippen molar-refractivity contribution in [3.63, 3.8) is 0 Å². The van der Waals surface area contributed by atoms with Gasteiger partial charge in [-0.1, -0.05) is 0 Å². The zero-order valence-electron chi connectivity index (χ0n) is 6.86. The molecule has 1 rings (SSSR count). The summed E-state index contributed by atoms with van der Waals surface area (Å²) in [5.74, 6) is -1.95. The van der Waals surface area contributed by atoms with Gasteiger partial charge in [0.2, 0.25) is 5.79 Å². The molecule has 1 aliphatic heterocycles. The van der Waals surface area contributed by atoms with Gasteiger partial charge in [-0.05, 0) is 13.0 Å². The van der Waals surface area contributed by atoms with Gasteiger partial charge in [-0.3, -0.25) is 0 Å². The lowest BCUT2D eigenvalue weighted by molar-refractivity contribution is -0.374. The first-order valence-corrected chi connectivity index (χ1v) is 3.39. The SMILES string of the molecule is COC(=O)C1=CCOC1(C)OO. The van der Waals surface area contributed by atoms with Gasteiger partial charge in [0.05, 0.1) is 19.3 Å². The van der Waals surface area contributed by atoms with Crippen molar-refractivity contribution in [2.45, 2.75) is 12.7 Å². The highest BCUT2D eigenvalue weighted by Crippen LogP contribution is 2.27. The average Bonchev–Trinajstić information content (AvgIpc) is 2.47. The van der Waals surface area contributed by atoms with E-state index < -0.39 is 11.8 Å². The van der Waals surface area contributed by atoms with Crippen LogP contribution in [0.5, 0.6) is 0 Å². The summed E-state index contributed by atoms with van der Waals surface area (Å²) < 4.78 is 9.41. The number of esters is 1. The average molecular weight is 174 g/mol. The van der Waals surface area contributed by atoms with Crippen LogP contribution in [-0.4, -0.2) is 30.7 Å². The first-order valence-electron chi connectivity index (χ1n) is 3.39. The van der Waals surface area contributed by atoms with Gasteiger partial charge in [-0.25, -0.2) is 10.1 Å². The van der Waals surface area contributed by atoms with Crippen molar-refractivity contribution < 1.29 is 24.4 Å². The van der Waals surface area contributed by atoms with Crippen molar-refractivity contribution in [3.8, 4) is 0 Å². The van der Waals surface area contributed by atoms with Gasteiger partial charge < -0.3 is 9.47 Å². The van der Waals surface area contributed by atoms with Crippen molar-refractivity contribution >= 4 is 5.97 Å². The molecule has 1 N–H and O–H groups in total. The zero-order valence-corrected chi connectivity index (χ0v) is 6.86. The van der Waals surface area contributed by atoms with Crippen LogP contribution in [0.2, 0.25) is 0 Å². The predicted molar refractivity (Wildman–Crippen MR) is 38.2 cm³/mol. The molecule has 0 amide bonds. The topological polar surface area (TPSA) is 65.0 Å². The fourth-order valence-electron chi connectivity index (χ4n) is 1.00. The molecule has 1 aliphatic rings. The Balaban J connectivity index is 2.82. The summed E-state index contributed by atoms with van der Waals surface area (Å²) in [5.41, 5.74) is 0.174. The smallest absolute Gasteiger partial charge is 0.339 e. The number of hydrogen-bond acceptors (Lipinski definition) is 5. The van der Waals surface area contributed by atoms with Crippen LogP contribution in [0, 0.1) is 0 Å². The zero-order chi connectivity index (χ0) is 9.19. The highest BCUT2D eigenvalue weighted by molar-refractivity contribution is 5.90. The fraction of sp³-hybridized carbons (Fsp3) is 0.571. The second kappa shape index (κ2) is 3.22. The molecule has 0 radical (unpaired) electrons. The lowest BCUT2D eigenvalue weighted by Gasteiger charge is -2.21. The molecular weight excluding hydrogens is 164 g/mol. The number of carbonyl (C=O) groups excluding carboxylic acids is 1. The van der Waals surface area contributed by atoms with E-state index in [2.05, 4.69) is 9.62 Å². The number of ether oxygens (including phenoxy) is 2. The Bertz CT molecular complexity index is 222. The molecule has 0 saturated carbocycles. The van der Waals surface area contributed by atoms with Gasteiger partial charge in [0, 0.05) is 0 Å². The quantitative estimate of drug-likeness (QED) is 0.371. The maximum atomic E-state index is 11.0. The number of rotatable bonds is 2. The molecule has 5 nitrogen and oxygen atoms in total. The largest absolute Gasteiger partial charge is 0.466 e. The third-order valence-electron chi connectivity index (χ3n) is 1.71. The minimum absolute atomic E-state index is 0.174. The van der Waals surface area contributed by atoms with E-state index in [4.69, 9.17) is 9.99 Å². The highest BCUT2D eigenvalue weighted by Gasteiger charge is 2.40. The Hall–Kier alpha value is -0.910. The van der Waals surface area contributed by atoms with Crippen molar-refractivity contribution in [2.24, 2.45) is 0 Å². The van der Waals surface area contributed by atoms with E-state index in [1.807, 2.05) is 0 Å². The van der Waals surface area contributed by atoms with Gasteiger partial charge in [0.1, 0.15) is 0 Å². The van der Waals surface area contributed by atoms with E-state index in [0.29, 0.717) is 0 Å². The molecular formula is C7H10O5. The van der Waals surface area contributed by atoms with E-state index in [0.717, 1.165) is 0 Å². The third-order valence-corrected chi connectivity index (χ3v) is 1.71. The standard InChI is InChI=1S/C7H10O5/c1-7(12-9)5(3-4-11-7)6(8)10-2/h3,9H,4H2,1-2H3. The van der Waals surface area contributed by atoms with E-state index >= 15 is 0 Å². The molecule has 5 heteroatoms. The van der Waals surface area contributed by atoms with E-state index in [1.54, 1.807) is 0 Å². The van der Waals surface area contributed by atoms with Gasteiger partial charge in [-0.15, -0.1) is 0 Å². The summed E-state index contributed by atoms with van der Waals surface area (Å²) in [6.45, 7) is 1.66. The summed E-state index contributed by atoms with van der Waals surface area (Å²) >= 11 is 0. The van der Waals surface area contributed by atoms with Gasteiger partial charge in [0.25, 0.3) is 0 Å². The maximum absolute atomic E-state index is 11.0. The molecule has 0 aromatic heterocycles. The molecule has 0 bridgehead atoms. The molecule has 1 atom stereocenters. The van der Waals surface area contributed by atoms with Crippen LogP contribution in [-0.2, 0) is 19.2 Å². The number of carbonyl (C=O) groups is 1. The lowest BCUT2D eigenvalue weighted by Crippen LogP contribution is -2.33. The molecule has 0 fully saturated rings. The Kier molecular flexibility index (Phi) is 2.46. The first kappa shape index (κ1) is 9.18. The number of hydrogen-bond donors (Lipinski definition) is 1. The molecule has 0 aromatic rings. The Morgan fingerprint density at radius 3 is 3.00 bits per heavy atom. The third kappa shape index (κ3) is 1.34. The van der Waals surface area contributed by atoms with Gasteiger partial charge >= 0.3 is 5.97 Å². The summed E-state index contributed by atoms with van der Waals surface area (Å²) in [5, 5.41) is 8.47. The summed E-state index contributed by atoms with van der Waals surface area (Å²) in [6, 6.07) is 0. The molecule has 0 aromatic carbocycles. The molecule has 12 heavy (non-hydrogen) atoms. The van der Waals surface area contributed by atoms with Crippen molar-refractivity contribution in [2.75, 3.05) is 13.7 Å². The summed E-state index contributed by atoms with van der Waals surface area (Å²) in [4.78, 5) is 15.1. The Labute approximate surface area is 69.5 Å². The van der Waals surface area contributed by atoms with E-state index in [1.165, 1.54) is 20.1 Å².